The summed E-state index contributed by atoms with van der Waals surface area (Å²) in [6, 6.07) is 5.76. The van der Waals surface area contributed by atoms with E-state index in [0.29, 0.717) is 0 Å². The molecule has 62 valence electrons. The van der Waals surface area contributed by atoms with Gasteiger partial charge in [-0.05, 0) is 18.6 Å². The van der Waals surface area contributed by atoms with Crippen LogP contribution in [-0.4, -0.2) is 17.7 Å². The molecule has 0 aliphatic heterocycles. The normalized spacial score (nSPS) is 10.3. The molecule has 0 radical (unpaired) electrons. The minimum absolute atomic E-state index is 0.792. The predicted molar refractivity (Wildman–Crippen MR) is 51.5 cm³/mol. The molecule has 1 heterocycles. The van der Waals surface area contributed by atoms with Crippen LogP contribution in [0.3, 0.4) is 0 Å². The summed E-state index contributed by atoms with van der Waals surface area (Å²) in [5, 5.41) is 0. The molecule has 0 aliphatic carbocycles. The second-order valence-corrected chi connectivity index (χ2v) is 2.37. The molecule has 0 unspecified atom stereocenters. The SMILES string of the molecule is C=CCC/N=C/c1ccccn1. The van der Waals surface area contributed by atoms with Crippen LogP contribution >= 0.6 is 0 Å². The molecule has 0 saturated carbocycles. The van der Waals surface area contributed by atoms with Crippen LogP contribution in [0.2, 0.25) is 0 Å². The lowest BCUT2D eigenvalue weighted by atomic mass is 10.4. The van der Waals surface area contributed by atoms with Crippen molar-refractivity contribution in [3.8, 4) is 0 Å². The van der Waals surface area contributed by atoms with Crippen molar-refractivity contribution in [3.63, 3.8) is 0 Å². The Morgan fingerprint density at radius 1 is 1.50 bits per heavy atom. The first-order valence-corrected chi connectivity index (χ1v) is 3.95. The zero-order valence-electron chi connectivity index (χ0n) is 6.98. The Kier molecular flexibility index (Phi) is 3.78. The van der Waals surface area contributed by atoms with Gasteiger partial charge in [-0.3, -0.25) is 9.98 Å². The highest BCUT2D eigenvalue weighted by Crippen LogP contribution is 1.89. The van der Waals surface area contributed by atoms with E-state index in [-0.39, 0.29) is 0 Å². The van der Waals surface area contributed by atoms with E-state index in [1.807, 2.05) is 24.3 Å². The van der Waals surface area contributed by atoms with E-state index in [0.717, 1.165) is 18.7 Å². The molecule has 0 fully saturated rings. The molecule has 0 aliphatic rings. The number of aliphatic imine (C=N–C) groups is 1. The Hall–Kier alpha value is -1.44. The van der Waals surface area contributed by atoms with Crippen molar-refractivity contribution in [2.75, 3.05) is 6.54 Å². The van der Waals surface area contributed by atoms with Gasteiger partial charge in [0.25, 0.3) is 0 Å². The van der Waals surface area contributed by atoms with Gasteiger partial charge in [-0.2, -0.15) is 0 Å². The lowest BCUT2D eigenvalue weighted by Gasteiger charge is -1.89. The molecule has 0 aromatic carbocycles. The Morgan fingerprint density at radius 3 is 3.08 bits per heavy atom. The van der Waals surface area contributed by atoms with E-state index >= 15 is 0 Å². The first kappa shape index (κ1) is 8.65. The van der Waals surface area contributed by atoms with Crippen molar-refractivity contribution in [2.45, 2.75) is 6.42 Å². The molecule has 0 atom stereocenters. The maximum atomic E-state index is 4.17. The molecule has 0 amide bonds. The summed E-state index contributed by atoms with van der Waals surface area (Å²) in [6.45, 7) is 4.41. The Labute approximate surface area is 72.7 Å². The van der Waals surface area contributed by atoms with Gasteiger partial charge in [0.05, 0.1) is 5.69 Å². The Bertz CT molecular complexity index is 252. The van der Waals surface area contributed by atoms with Crippen LogP contribution < -0.4 is 0 Å². The number of aromatic nitrogens is 1. The molecule has 0 saturated heterocycles. The van der Waals surface area contributed by atoms with E-state index in [9.17, 15) is 0 Å². The summed E-state index contributed by atoms with van der Waals surface area (Å²) in [6.07, 6.45) is 6.32. The maximum absolute atomic E-state index is 4.17. The van der Waals surface area contributed by atoms with Crippen LogP contribution in [0.1, 0.15) is 12.1 Å². The summed E-state index contributed by atoms with van der Waals surface area (Å²) >= 11 is 0. The smallest absolute Gasteiger partial charge is 0.0807 e. The third kappa shape index (κ3) is 3.10. The zero-order valence-corrected chi connectivity index (χ0v) is 6.98. The van der Waals surface area contributed by atoms with Crippen molar-refractivity contribution in [1.29, 1.82) is 0 Å². The van der Waals surface area contributed by atoms with Crippen LogP contribution in [0.15, 0.2) is 42.0 Å². The summed E-state index contributed by atoms with van der Waals surface area (Å²) in [5.41, 5.74) is 0.904. The van der Waals surface area contributed by atoms with Gasteiger partial charge in [-0.1, -0.05) is 12.1 Å². The van der Waals surface area contributed by atoms with Crippen molar-refractivity contribution in [3.05, 3.63) is 42.7 Å². The number of rotatable bonds is 4. The van der Waals surface area contributed by atoms with Crippen LogP contribution in [0.25, 0.3) is 0 Å². The van der Waals surface area contributed by atoms with Crippen LogP contribution in [0.4, 0.5) is 0 Å². The summed E-state index contributed by atoms with van der Waals surface area (Å²) in [5.74, 6) is 0. The molecule has 0 spiro atoms. The van der Waals surface area contributed by atoms with Gasteiger partial charge >= 0.3 is 0 Å². The summed E-state index contributed by atoms with van der Waals surface area (Å²) < 4.78 is 0. The average Bonchev–Trinajstić information content (AvgIpc) is 2.14. The molecule has 1 rings (SSSR count). The van der Waals surface area contributed by atoms with Gasteiger partial charge in [-0.15, -0.1) is 6.58 Å². The first-order chi connectivity index (χ1) is 5.93. The molecular formula is C10H12N2. The van der Waals surface area contributed by atoms with Gasteiger partial charge in [0.15, 0.2) is 0 Å². The standard InChI is InChI=1S/C10H12N2/c1-2-3-7-11-9-10-6-4-5-8-12-10/h2,4-6,8-9H,1,3,7H2/b11-9+. The monoisotopic (exact) mass is 160 g/mol. The molecule has 0 bridgehead atoms. The van der Waals surface area contributed by atoms with Gasteiger partial charge < -0.3 is 0 Å². The molecule has 0 N–H and O–H groups in total. The summed E-state index contributed by atoms with van der Waals surface area (Å²) in [4.78, 5) is 8.27. The number of pyridine rings is 1. The number of hydrogen-bond acceptors (Lipinski definition) is 2. The van der Waals surface area contributed by atoms with Gasteiger partial charge in [0, 0.05) is 19.0 Å². The largest absolute Gasteiger partial charge is 0.291 e. The van der Waals surface area contributed by atoms with E-state index < -0.39 is 0 Å². The highest BCUT2D eigenvalue weighted by atomic mass is 14.7. The lowest BCUT2D eigenvalue weighted by Crippen LogP contribution is -1.86. The van der Waals surface area contributed by atoms with Crippen molar-refractivity contribution in [2.24, 2.45) is 4.99 Å². The molecule has 12 heavy (non-hydrogen) atoms. The minimum Gasteiger partial charge on any atom is -0.291 e. The highest BCUT2D eigenvalue weighted by Gasteiger charge is 1.83. The predicted octanol–water partition coefficient (Wildman–Crippen LogP) is 2.08. The van der Waals surface area contributed by atoms with Crippen LogP contribution in [0.5, 0.6) is 0 Å². The lowest BCUT2D eigenvalue weighted by molar-refractivity contribution is 1.01. The Balaban J connectivity index is 2.41. The fraction of sp³-hybridized carbons (Fsp3) is 0.200. The average molecular weight is 160 g/mol. The van der Waals surface area contributed by atoms with Crippen LogP contribution in [0, 0.1) is 0 Å². The number of hydrogen-bond donors (Lipinski definition) is 0. The molecule has 1 aromatic rings. The fourth-order valence-corrected chi connectivity index (χ4v) is 0.776. The van der Waals surface area contributed by atoms with E-state index in [1.54, 1.807) is 12.4 Å². The third-order valence-corrected chi connectivity index (χ3v) is 1.37. The summed E-state index contributed by atoms with van der Waals surface area (Å²) in [7, 11) is 0. The topological polar surface area (TPSA) is 25.2 Å². The second-order valence-electron chi connectivity index (χ2n) is 2.37. The molecule has 1 aromatic heterocycles. The van der Waals surface area contributed by atoms with Crippen molar-refractivity contribution in [1.82, 2.24) is 4.98 Å². The molecular weight excluding hydrogens is 148 g/mol. The zero-order chi connectivity index (χ0) is 8.65. The van der Waals surface area contributed by atoms with E-state index in [2.05, 4.69) is 16.6 Å². The quantitative estimate of drug-likeness (QED) is 0.376. The molecule has 2 heteroatoms. The minimum atomic E-state index is 0.792. The van der Waals surface area contributed by atoms with Gasteiger partial charge in [0.2, 0.25) is 0 Å². The second kappa shape index (κ2) is 5.24. The fourth-order valence-electron chi connectivity index (χ4n) is 0.776. The molecule has 2 nitrogen and oxygen atoms in total. The van der Waals surface area contributed by atoms with Crippen molar-refractivity contribution >= 4 is 6.21 Å². The Morgan fingerprint density at radius 2 is 2.42 bits per heavy atom. The van der Waals surface area contributed by atoms with Gasteiger partial charge in [-0.25, -0.2) is 0 Å². The van der Waals surface area contributed by atoms with Gasteiger partial charge in [0.1, 0.15) is 0 Å². The van der Waals surface area contributed by atoms with Crippen molar-refractivity contribution < 1.29 is 0 Å². The third-order valence-electron chi connectivity index (χ3n) is 1.37. The first-order valence-electron chi connectivity index (χ1n) is 3.95. The van der Waals surface area contributed by atoms with E-state index in [4.69, 9.17) is 0 Å². The maximum Gasteiger partial charge on any atom is 0.0807 e. The highest BCUT2D eigenvalue weighted by molar-refractivity contribution is 5.76. The van der Waals surface area contributed by atoms with E-state index in [1.165, 1.54) is 0 Å². The van der Waals surface area contributed by atoms with Crippen LogP contribution in [-0.2, 0) is 0 Å². The number of nitrogens with zero attached hydrogens (tertiary/aromatic N) is 2.